The summed E-state index contributed by atoms with van der Waals surface area (Å²) in [6.07, 6.45) is -3.74. The summed E-state index contributed by atoms with van der Waals surface area (Å²) in [5.74, 6) is -0.0401. The fourth-order valence-electron chi connectivity index (χ4n) is 4.04. The van der Waals surface area contributed by atoms with Gasteiger partial charge in [0.2, 0.25) is 0 Å². The number of fused-ring (bicyclic) bond motifs is 1. The maximum atomic E-state index is 13.1. The van der Waals surface area contributed by atoms with E-state index in [2.05, 4.69) is 9.97 Å². The molecule has 0 aliphatic carbocycles. The smallest absolute Gasteiger partial charge is 0.340 e. The normalized spacial score (nSPS) is 11.7. The molecule has 0 saturated heterocycles. The number of carbonyl (C=O) groups is 1. The number of hydrogen-bond donors (Lipinski definition) is 1. The second-order valence-electron chi connectivity index (χ2n) is 8.49. The lowest BCUT2D eigenvalue weighted by molar-refractivity contribution is -0.137. The second kappa shape index (κ2) is 9.90. The quantitative estimate of drug-likeness (QED) is 0.286. The lowest BCUT2D eigenvalue weighted by atomic mass is 9.98. The van der Waals surface area contributed by atoms with Crippen LogP contribution in [-0.2, 0) is 19.4 Å². The van der Waals surface area contributed by atoms with E-state index in [0.717, 1.165) is 39.9 Å². The van der Waals surface area contributed by atoms with Crippen molar-refractivity contribution in [1.82, 2.24) is 14.9 Å². The van der Waals surface area contributed by atoms with E-state index in [0.29, 0.717) is 25.0 Å². The molecule has 3 aromatic carbocycles. The highest BCUT2D eigenvalue weighted by Gasteiger charge is 2.30. The Balaban J connectivity index is 1.61. The van der Waals surface area contributed by atoms with Gasteiger partial charge >= 0.3 is 6.18 Å². The standard InChI is InChI=1S/C27H25F4N3O/c1-3-12-34(26(35)18-6-9-22(10-7-18)27(29,30)31)16-21-13-19(5-4-17(21)2)20-8-11-23-24(14-20)33-25(15-28)32-23/h4-11,13-14H,3,12,15-16H2,1-2H3,(H,32,33). The molecule has 4 aromatic rings. The van der Waals surface area contributed by atoms with Crippen molar-refractivity contribution in [2.75, 3.05) is 6.54 Å². The van der Waals surface area contributed by atoms with E-state index in [9.17, 15) is 22.4 Å². The molecule has 4 rings (SSSR count). The summed E-state index contributed by atoms with van der Waals surface area (Å²) >= 11 is 0. The minimum atomic E-state index is -4.45. The van der Waals surface area contributed by atoms with Crippen molar-refractivity contribution in [3.8, 4) is 11.1 Å². The van der Waals surface area contributed by atoms with Crippen molar-refractivity contribution in [3.05, 3.63) is 88.7 Å². The number of imidazole rings is 1. The van der Waals surface area contributed by atoms with Crippen LogP contribution in [0.4, 0.5) is 17.6 Å². The van der Waals surface area contributed by atoms with Crippen LogP contribution in [0.3, 0.4) is 0 Å². The van der Waals surface area contributed by atoms with E-state index >= 15 is 0 Å². The van der Waals surface area contributed by atoms with Gasteiger partial charge in [-0.15, -0.1) is 0 Å². The van der Waals surface area contributed by atoms with Crippen molar-refractivity contribution in [3.63, 3.8) is 0 Å². The van der Waals surface area contributed by atoms with Gasteiger partial charge in [-0.3, -0.25) is 4.79 Å². The SMILES string of the molecule is CCCN(Cc1cc(-c2ccc3nc(CF)[nH]c3c2)ccc1C)C(=O)c1ccc(C(F)(F)F)cc1. The predicted molar refractivity (Wildman–Crippen MR) is 128 cm³/mol. The van der Waals surface area contributed by atoms with E-state index in [1.807, 2.05) is 50.2 Å². The molecule has 0 aliphatic heterocycles. The summed E-state index contributed by atoms with van der Waals surface area (Å²) in [6, 6.07) is 15.9. The number of rotatable bonds is 7. The fourth-order valence-corrected chi connectivity index (χ4v) is 4.04. The molecular weight excluding hydrogens is 458 g/mol. The lowest BCUT2D eigenvalue weighted by Crippen LogP contribution is -2.31. The number of H-pyrrole nitrogens is 1. The highest BCUT2D eigenvalue weighted by molar-refractivity contribution is 5.94. The fraction of sp³-hybridized carbons (Fsp3) is 0.259. The molecule has 1 aromatic heterocycles. The number of alkyl halides is 4. The maximum Gasteiger partial charge on any atom is 0.416 e. The Labute approximate surface area is 200 Å². The molecule has 0 fully saturated rings. The van der Waals surface area contributed by atoms with E-state index in [1.54, 1.807) is 4.90 Å². The van der Waals surface area contributed by atoms with Crippen LogP contribution < -0.4 is 0 Å². The molecule has 8 heteroatoms. The number of carbonyl (C=O) groups excluding carboxylic acids is 1. The maximum absolute atomic E-state index is 13.1. The number of nitrogens with one attached hydrogen (secondary N) is 1. The van der Waals surface area contributed by atoms with Gasteiger partial charge in [-0.2, -0.15) is 13.2 Å². The van der Waals surface area contributed by atoms with Gasteiger partial charge in [-0.25, -0.2) is 9.37 Å². The van der Waals surface area contributed by atoms with Crippen molar-refractivity contribution in [2.24, 2.45) is 0 Å². The Morgan fingerprint density at radius 2 is 1.69 bits per heavy atom. The third-order valence-corrected chi connectivity index (χ3v) is 5.94. The van der Waals surface area contributed by atoms with Crippen molar-refractivity contribution >= 4 is 16.9 Å². The first-order chi connectivity index (χ1) is 16.7. The molecule has 0 radical (unpaired) electrons. The van der Waals surface area contributed by atoms with Crippen LogP contribution in [0, 0.1) is 6.92 Å². The Morgan fingerprint density at radius 3 is 2.34 bits per heavy atom. The average molecular weight is 484 g/mol. The van der Waals surface area contributed by atoms with Crippen LogP contribution in [-0.4, -0.2) is 27.3 Å². The monoisotopic (exact) mass is 483 g/mol. The van der Waals surface area contributed by atoms with E-state index in [1.165, 1.54) is 12.1 Å². The van der Waals surface area contributed by atoms with Gasteiger partial charge in [0.15, 0.2) is 0 Å². The molecular formula is C27H25F4N3O. The molecule has 1 N–H and O–H groups in total. The van der Waals surface area contributed by atoms with Crippen molar-refractivity contribution in [2.45, 2.75) is 39.7 Å². The summed E-state index contributed by atoms with van der Waals surface area (Å²) in [4.78, 5) is 22.0. The van der Waals surface area contributed by atoms with E-state index in [-0.39, 0.29) is 17.3 Å². The zero-order valence-electron chi connectivity index (χ0n) is 19.4. The van der Waals surface area contributed by atoms with Crippen LogP contribution in [0.5, 0.6) is 0 Å². The lowest BCUT2D eigenvalue weighted by Gasteiger charge is -2.24. The van der Waals surface area contributed by atoms with E-state index < -0.39 is 18.4 Å². The first kappa shape index (κ1) is 24.4. The van der Waals surface area contributed by atoms with Crippen molar-refractivity contribution < 1.29 is 22.4 Å². The molecule has 0 bridgehead atoms. The summed E-state index contributed by atoms with van der Waals surface area (Å²) in [6.45, 7) is 4.03. The van der Waals surface area contributed by atoms with E-state index in [4.69, 9.17) is 0 Å². The van der Waals surface area contributed by atoms with Gasteiger partial charge in [0, 0.05) is 18.7 Å². The van der Waals surface area contributed by atoms with Gasteiger partial charge in [0.25, 0.3) is 5.91 Å². The first-order valence-electron chi connectivity index (χ1n) is 11.3. The van der Waals surface area contributed by atoms with Gasteiger partial charge in [-0.05, 0) is 78.1 Å². The van der Waals surface area contributed by atoms with Crippen molar-refractivity contribution in [1.29, 1.82) is 0 Å². The van der Waals surface area contributed by atoms with Crippen LogP contribution in [0.15, 0.2) is 60.7 Å². The number of halogens is 4. The van der Waals surface area contributed by atoms with Gasteiger partial charge < -0.3 is 9.88 Å². The third-order valence-electron chi connectivity index (χ3n) is 5.94. The second-order valence-corrected chi connectivity index (χ2v) is 8.49. The molecule has 4 nitrogen and oxygen atoms in total. The summed E-state index contributed by atoms with van der Waals surface area (Å²) in [5.41, 5.74) is 4.64. The van der Waals surface area contributed by atoms with Crippen LogP contribution >= 0.6 is 0 Å². The van der Waals surface area contributed by atoms with Crippen LogP contribution in [0.25, 0.3) is 22.2 Å². The molecule has 182 valence electrons. The highest BCUT2D eigenvalue weighted by Crippen LogP contribution is 2.30. The third kappa shape index (κ3) is 5.37. The number of amides is 1. The first-order valence-corrected chi connectivity index (χ1v) is 11.3. The zero-order valence-corrected chi connectivity index (χ0v) is 19.4. The van der Waals surface area contributed by atoms with Crippen LogP contribution in [0.2, 0.25) is 0 Å². The number of aromatic amines is 1. The largest absolute Gasteiger partial charge is 0.416 e. The van der Waals surface area contributed by atoms with Gasteiger partial charge in [0.05, 0.1) is 16.6 Å². The topological polar surface area (TPSA) is 49.0 Å². The minimum absolute atomic E-state index is 0.216. The minimum Gasteiger partial charge on any atom is -0.340 e. The molecule has 1 heterocycles. The van der Waals surface area contributed by atoms with Crippen LogP contribution in [0.1, 0.15) is 46.2 Å². The number of benzene rings is 3. The zero-order chi connectivity index (χ0) is 25.2. The number of hydrogen-bond acceptors (Lipinski definition) is 2. The predicted octanol–water partition coefficient (Wildman–Crippen LogP) is 7.08. The Hall–Kier alpha value is -3.68. The molecule has 0 saturated carbocycles. The molecule has 35 heavy (non-hydrogen) atoms. The summed E-state index contributed by atoms with van der Waals surface area (Å²) in [7, 11) is 0. The number of nitrogens with zero attached hydrogens (tertiary/aromatic N) is 2. The Morgan fingerprint density at radius 1 is 1.00 bits per heavy atom. The average Bonchev–Trinajstić information content (AvgIpc) is 3.27. The molecule has 0 aliphatic rings. The summed E-state index contributed by atoms with van der Waals surface area (Å²) in [5, 5.41) is 0. The Kier molecular flexibility index (Phi) is 6.91. The highest BCUT2D eigenvalue weighted by atomic mass is 19.4. The molecule has 0 atom stereocenters. The number of aryl methyl sites for hydroxylation is 1. The summed E-state index contributed by atoms with van der Waals surface area (Å²) < 4.78 is 51.6. The molecule has 1 amide bonds. The van der Waals surface area contributed by atoms with Gasteiger partial charge in [-0.1, -0.05) is 25.1 Å². The molecule has 0 unspecified atom stereocenters. The molecule has 0 spiro atoms. The Bertz CT molecular complexity index is 1340. The number of aromatic nitrogens is 2. The van der Waals surface area contributed by atoms with Gasteiger partial charge in [0.1, 0.15) is 12.5 Å².